The minimum Gasteiger partial charge on any atom is -0.369 e. The van der Waals surface area contributed by atoms with Crippen LogP contribution in [-0.4, -0.2) is 55.6 Å². The van der Waals surface area contributed by atoms with Crippen LogP contribution in [0.25, 0.3) is 0 Å². The highest BCUT2D eigenvalue weighted by molar-refractivity contribution is 7.89. The molecular formula is C18H25N3O4S. The van der Waals surface area contributed by atoms with Crippen molar-refractivity contribution in [1.29, 1.82) is 0 Å². The summed E-state index contributed by atoms with van der Waals surface area (Å²) in [5.74, 6) is -0.710. The zero-order valence-electron chi connectivity index (χ0n) is 15.0. The maximum absolute atomic E-state index is 12.9. The monoisotopic (exact) mass is 379 g/mol. The van der Waals surface area contributed by atoms with E-state index in [-0.39, 0.29) is 22.6 Å². The molecule has 8 heteroatoms. The second kappa shape index (κ2) is 7.36. The third kappa shape index (κ3) is 3.61. The molecule has 0 atom stereocenters. The van der Waals surface area contributed by atoms with Crippen LogP contribution in [0.2, 0.25) is 0 Å². The molecular weight excluding hydrogens is 354 g/mol. The molecule has 1 aromatic rings. The third-order valence-electron chi connectivity index (χ3n) is 5.33. The summed E-state index contributed by atoms with van der Waals surface area (Å²) in [4.78, 5) is 26.0. The van der Waals surface area contributed by atoms with Gasteiger partial charge >= 0.3 is 0 Å². The van der Waals surface area contributed by atoms with Crippen LogP contribution in [0.15, 0.2) is 23.1 Å². The van der Waals surface area contributed by atoms with Crippen LogP contribution in [-0.2, 0) is 14.8 Å². The summed E-state index contributed by atoms with van der Waals surface area (Å²) in [5.41, 5.74) is 6.49. The van der Waals surface area contributed by atoms with Crippen molar-refractivity contribution < 1.29 is 18.0 Å². The maximum atomic E-state index is 12.9. The summed E-state index contributed by atoms with van der Waals surface area (Å²) in [5, 5.41) is 0. The Bertz CT molecular complexity index is 808. The van der Waals surface area contributed by atoms with E-state index in [1.807, 2.05) is 0 Å². The number of hydrogen-bond acceptors (Lipinski definition) is 4. The Labute approximate surface area is 154 Å². The molecule has 2 aliphatic heterocycles. The average Bonchev–Trinajstić information content (AvgIpc) is 3.17. The average molecular weight is 379 g/mol. The summed E-state index contributed by atoms with van der Waals surface area (Å²) in [7, 11) is -3.56. The van der Waals surface area contributed by atoms with E-state index in [4.69, 9.17) is 5.73 Å². The van der Waals surface area contributed by atoms with Crippen molar-refractivity contribution in [3.05, 3.63) is 29.3 Å². The van der Waals surface area contributed by atoms with Crippen LogP contribution in [0.4, 0.5) is 0 Å². The van der Waals surface area contributed by atoms with Crippen molar-refractivity contribution in [2.24, 2.45) is 11.7 Å². The molecule has 3 rings (SSSR count). The van der Waals surface area contributed by atoms with Crippen LogP contribution in [0.3, 0.4) is 0 Å². The summed E-state index contributed by atoms with van der Waals surface area (Å²) < 4.78 is 27.0. The van der Waals surface area contributed by atoms with Crippen molar-refractivity contribution in [3.63, 3.8) is 0 Å². The zero-order chi connectivity index (χ0) is 18.9. The summed E-state index contributed by atoms with van der Waals surface area (Å²) in [6.45, 7) is 3.76. The van der Waals surface area contributed by atoms with Gasteiger partial charge in [0.1, 0.15) is 0 Å². The van der Waals surface area contributed by atoms with Gasteiger partial charge in [0.05, 0.1) is 4.90 Å². The lowest BCUT2D eigenvalue weighted by atomic mass is 9.95. The number of benzene rings is 1. The predicted molar refractivity (Wildman–Crippen MR) is 97.0 cm³/mol. The van der Waals surface area contributed by atoms with Gasteiger partial charge in [-0.05, 0) is 50.3 Å². The van der Waals surface area contributed by atoms with E-state index in [2.05, 4.69) is 0 Å². The molecule has 0 bridgehead atoms. The van der Waals surface area contributed by atoms with Crippen LogP contribution in [0, 0.1) is 12.8 Å². The number of likely N-dealkylation sites (tertiary alicyclic amines) is 1. The Morgan fingerprint density at radius 3 is 2.27 bits per heavy atom. The van der Waals surface area contributed by atoms with Gasteiger partial charge in [-0.2, -0.15) is 4.31 Å². The molecule has 2 N–H and O–H groups in total. The molecule has 7 nitrogen and oxygen atoms in total. The molecule has 2 amide bonds. The van der Waals surface area contributed by atoms with E-state index < -0.39 is 10.0 Å². The van der Waals surface area contributed by atoms with Gasteiger partial charge in [-0.25, -0.2) is 8.42 Å². The number of amides is 2. The zero-order valence-corrected chi connectivity index (χ0v) is 15.8. The quantitative estimate of drug-likeness (QED) is 0.847. The van der Waals surface area contributed by atoms with Crippen LogP contribution in [0.5, 0.6) is 0 Å². The van der Waals surface area contributed by atoms with Gasteiger partial charge in [0.2, 0.25) is 15.9 Å². The minimum absolute atomic E-state index is 0.167. The van der Waals surface area contributed by atoms with E-state index in [0.717, 1.165) is 18.4 Å². The summed E-state index contributed by atoms with van der Waals surface area (Å²) in [6.07, 6.45) is 2.83. The largest absolute Gasteiger partial charge is 0.369 e. The van der Waals surface area contributed by atoms with E-state index in [1.165, 1.54) is 10.4 Å². The predicted octanol–water partition coefficient (Wildman–Crippen LogP) is 1.12. The fourth-order valence-corrected chi connectivity index (χ4v) is 5.15. The topological polar surface area (TPSA) is 101 Å². The minimum atomic E-state index is -3.56. The second-order valence-corrected chi connectivity index (χ2v) is 8.99. The van der Waals surface area contributed by atoms with E-state index in [9.17, 15) is 18.0 Å². The first-order valence-corrected chi connectivity index (χ1v) is 10.4. The fourth-order valence-electron chi connectivity index (χ4n) is 3.61. The molecule has 0 spiro atoms. The van der Waals surface area contributed by atoms with Gasteiger partial charge in [0.25, 0.3) is 5.91 Å². The highest BCUT2D eigenvalue weighted by Crippen LogP contribution is 2.25. The molecule has 0 saturated carbocycles. The smallest absolute Gasteiger partial charge is 0.254 e. The number of nitrogens with zero attached hydrogens (tertiary/aromatic N) is 2. The Morgan fingerprint density at radius 1 is 1.08 bits per heavy atom. The first-order valence-electron chi connectivity index (χ1n) is 9.00. The number of carbonyl (C=O) groups excluding carboxylic acids is 2. The lowest BCUT2D eigenvalue weighted by Gasteiger charge is -2.31. The second-order valence-electron chi connectivity index (χ2n) is 7.06. The molecule has 26 heavy (non-hydrogen) atoms. The molecule has 1 aromatic carbocycles. The lowest BCUT2D eigenvalue weighted by Crippen LogP contribution is -2.42. The van der Waals surface area contributed by atoms with E-state index >= 15 is 0 Å². The van der Waals surface area contributed by atoms with Crippen molar-refractivity contribution in [3.8, 4) is 0 Å². The Balaban J connectivity index is 1.82. The number of nitrogens with two attached hydrogens (primary N) is 1. The number of rotatable bonds is 4. The first kappa shape index (κ1) is 18.8. The van der Waals surface area contributed by atoms with Gasteiger partial charge in [-0.1, -0.05) is 6.07 Å². The number of primary amides is 1. The number of aryl methyl sites for hydroxylation is 1. The third-order valence-corrected chi connectivity index (χ3v) is 7.22. The fraction of sp³-hybridized carbons (Fsp3) is 0.556. The molecule has 2 fully saturated rings. The Morgan fingerprint density at radius 2 is 1.69 bits per heavy atom. The van der Waals surface area contributed by atoms with E-state index in [0.29, 0.717) is 44.6 Å². The van der Waals surface area contributed by atoms with Crippen LogP contribution >= 0.6 is 0 Å². The van der Waals surface area contributed by atoms with Gasteiger partial charge in [-0.15, -0.1) is 0 Å². The highest BCUT2D eigenvalue weighted by Gasteiger charge is 2.30. The number of carbonyl (C=O) groups is 2. The van der Waals surface area contributed by atoms with Crippen molar-refractivity contribution in [2.75, 3.05) is 26.2 Å². The van der Waals surface area contributed by atoms with Crippen LogP contribution in [0.1, 0.15) is 41.6 Å². The maximum Gasteiger partial charge on any atom is 0.254 e. The van der Waals surface area contributed by atoms with Gasteiger partial charge in [0, 0.05) is 37.7 Å². The Hall–Kier alpha value is -1.93. The SMILES string of the molecule is Cc1ccc(S(=O)(=O)N2CCCC2)cc1C(=O)N1CCC(C(N)=O)CC1. The number of piperidine rings is 1. The molecule has 142 valence electrons. The first-order chi connectivity index (χ1) is 12.3. The molecule has 0 aliphatic carbocycles. The highest BCUT2D eigenvalue weighted by atomic mass is 32.2. The molecule has 0 unspecified atom stereocenters. The number of sulfonamides is 1. The van der Waals surface area contributed by atoms with Crippen LogP contribution < -0.4 is 5.73 Å². The molecule has 2 saturated heterocycles. The van der Waals surface area contributed by atoms with Gasteiger partial charge in [0.15, 0.2) is 0 Å². The normalized spacial score (nSPS) is 19.7. The van der Waals surface area contributed by atoms with E-state index in [1.54, 1.807) is 24.0 Å². The van der Waals surface area contributed by atoms with Crippen molar-refractivity contribution in [1.82, 2.24) is 9.21 Å². The van der Waals surface area contributed by atoms with Gasteiger partial charge in [-0.3, -0.25) is 9.59 Å². The standard InChI is InChI=1S/C18H25N3O4S/c1-13-4-5-15(26(24,25)21-8-2-3-9-21)12-16(13)18(23)20-10-6-14(7-11-20)17(19)22/h4-5,12,14H,2-3,6-11H2,1H3,(H2,19,22). The van der Waals surface area contributed by atoms with Crippen molar-refractivity contribution in [2.45, 2.75) is 37.5 Å². The lowest BCUT2D eigenvalue weighted by molar-refractivity contribution is -0.123. The molecule has 2 heterocycles. The van der Waals surface area contributed by atoms with Gasteiger partial charge < -0.3 is 10.6 Å². The molecule has 0 radical (unpaired) electrons. The Kier molecular flexibility index (Phi) is 5.34. The summed E-state index contributed by atoms with van der Waals surface area (Å²) in [6, 6.07) is 4.75. The number of hydrogen-bond donors (Lipinski definition) is 1. The van der Waals surface area contributed by atoms with Crippen molar-refractivity contribution >= 4 is 21.8 Å². The molecule has 0 aromatic heterocycles. The summed E-state index contributed by atoms with van der Waals surface area (Å²) >= 11 is 0. The molecule has 2 aliphatic rings.